The van der Waals surface area contributed by atoms with Gasteiger partial charge in [0, 0.05) is 36.2 Å². The summed E-state index contributed by atoms with van der Waals surface area (Å²) in [7, 11) is 1.58. The third-order valence-electron chi connectivity index (χ3n) is 5.39. The molecule has 1 aromatic carbocycles. The summed E-state index contributed by atoms with van der Waals surface area (Å²) in [5.74, 6) is 1.00. The minimum absolute atomic E-state index is 0.101. The monoisotopic (exact) mass is 463 g/mol. The van der Waals surface area contributed by atoms with E-state index in [-0.39, 0.29) is 18.2 Å². The Morgan fingerprint density at radius 3 is 2.94 bits per heavy atom. The zero-order chi connectivity index (χ0) is 22.9. The molecule has 3 aromatic heterocycles. The molecule has 0 aliphatic carbocycles. The van der Waals surface area contributed by atoms with Crippen LogP contribution in [0.4, 0.5) is 11.5 Å². The first kappa shape index (κ1) is 21.0. The van der Waals surface area contributed by atoms with E-state index in [1.165, 1.54) is 11.3 Å². The molecule has 10 heteroatoms. The van der Waals surface area contributed by atoms with Crippen LogP contribution >= 0.6 is 11.3 Å². The number of aryl methyl sites for hydroxylation is 1. The topological polar surface area (TPSA) is 102 Å². The second-order valence-electron chi connectivity index (χ2n) is 7.67. The second kappa shape index (κ2) is 8.55. The summed E-state index contributed by atoms with van der Waals surface area (Å²) in [5.41, 5.74) is 2.14. The predicted molar refractivity (Wildman–Crippen MR) is 124 cm³/mol. The smallest absolute Gasteiger partial charge is 0.230 e. The van der Waals surface area contributed by atoms with Crippen molar-refractivity contribution in [2.45, 2.75) is 13.3 Å². The van der Waals surface area contributed by atoms with E-state index in [1.54, 1.807) is 41.2 Å². The fourth-order valence-corrected chi connectivity index (χ4v) is 4.55. The summed E-state index contributed by atoms with van der Waals surface area (Å²) < 4.78 is 12.3. The van der Waals surface area contributed by atoms with Crippen LogP contribution < -0.4 is 15.0 Å². The first-order chi connectivity index (χ1) is 16.0. The van der Waals surface area contributed by atoms with Crippen LogP contribution in [0.25, 0.3) is 16.6 Å². The molecule has 4 aromatic rings. The Balaban J connectivity index is 1.33. The molecular formula is C23H21N5O4S. The molecule has 1 saturated heterocycles. The maximum Gasteiger partial charge on any atom is 0.230 e. The van der Waals surface area contributed by atoms with Gasteiger partial charge in [-0.05, 0) is 31.2 Å². The third kappa shape index (κ3) is 4.12. The Kier molecular flexibility index (Phi) is 5.43. The highest BCUT2D eigenvalue weighted by molar-refractivity contribution is 7.12. The standard InChI is InChI=1S/C23H21N5O4S/c1-14-9-20(28(26-14)23-24-18(13-33-23)19-7-4-8-32-19)25-22(30)15-10-21(29)27(12-15)16-5-3-6-17(11-16)31-2/h3-9,11,13,15H,10,12H2,1-2H3,(H,25,30). The van der Waals surface area contributed by atoms with Crippen LogP contribution in [0.3, 0.4) is 0 Å². The third-order valence-corrected chi connectivity index (χ3v) is 6.21. The van der Waals surface area contributed by atoms with Gasteiger partial charge in [-0.25, -0.2) is 4.98 Å². The molecular weight excluding hydrogens is 442 g/mol. The lowest BCUT2D eigenvalue weighted by molar-refractivity contribution is -0.122. The fraction of sp³-hybridized carbons (Fsp3) is 0.217. The Labute approximate surface area is 193 Å². The molecule has 1 N–H and O–H groups in total. The van der Waals surface area contributed by atoms with Gasteiger partial charge in [-0.1, -0.05) is 6.07 Å². The number of aromatic nitrogens is 3. The van der Waals surface area contributed by atoms with E-state index >= 15 is 0 Å². The average Bonchev–Trinajstić information content (AvgIpc) is 3.60. The summed E-state index contributed by atoms with van der Waals surface area (Å²) >= 11 is 1.39. The van der Waals surface area contributed by atoms with E-state index in [4.69, 9.17) is 9.15 Å². The molecule has 33 heavy (non-hydrogen) atoms. The molecule has 0 radical (unpaired) electrons. The number of carbonyl (C=O) groups excluding carboxylic acids is 2. The van der Waals surface area contributed by atoms with Gasteiger partial charge in [-0.3, -0.25) is 9.59 Å². The molecule has 0 saturated carbocycles. The normalized spacial score (nSPS) is 15.8. The zero-order valence-corrected chi connectivity index (χ0v) is 18.8. The maximum atomic E-state index is 13.1. The van der Waals surface area contributed by atoms with E-state index in [0.717, 1.165) is 5.69 Å². The van der Waals surface area contributed by atoms with Crippen molar-refractivity contribution in [2.75, 3.05) is 23.9 Å². The summed E-state index contributed by atoms with van der Waals surface area (Å²) in [4.78, 5) is 31.9. The minimum atomic E-state index is -0.484. The average molecular weight is 464 g/mol. The van der Waals surface area contributed by atoms with E-state index in [9.17, 15) is 9.59 Å². The Morgan fingerprint density at radius 1 is 1.27 bits per heavy atom. The summed E-state index contributed by atoms with van der Waals surface area (Å²) in [5, 5.41) is 9.89. The number of nitrogens with zero attached hydrogens (tertiary/aromatic N) is 4. The Bertz CT molecular complexity index is 1310. The lowest BCUT2D eigenvalue weighted by Gasteiger charge is -2.17. The van der Waals surface area contributed by atoms with Crippen molar-refractivity contribution in [1.29, 1.82) is 0 Å². The number of nitrogens with one attached hydrogen (secondary N) is 1. The molecule has 1 unspecified atom stereocenters. The van der Waals surface area contributed by atoms with Crippen LogP contribution in [0.5, 0.6) is 5.75 Å². The van der Waals surface area contributed by atoms with Crippen molar-refractivity contribution in [3.8, 4) is 22.3 Å². The molecule has 1 fully saturated rings. The largest absolute Gasteiger partial charge is 0.497 e. The minimum Gasteiger partial charge on any atom is -0.497 e. The molecule has 5 rings (SSSR count). The highest BCUT2D eigenvalue weighted by atomic mass is 32.1. The van der Waals surface area contributed by atoms with Crippen LogP contribution in [0.15, 0.2) is 58.5 Å². The van der Waals surface area contributed by atoms with Gasteiger partial charge in [0.15, 0.2) is 5.76 Å². The molecule has 4 heterocycles. The van der Waals surface area contributed by atoms with Crippen molar-refractivity contribution >= 4 is 34.7 Å². The number of methoxy groups -OCH3 is 1. The number of amides is 2. The number of carbonyl (C=O) groups is 2. The van der Waals surface area contributed by atoms with E-state index < -0.39 is 5.92 Å². The molecule has 1 aliphatic rings. The van der Waals surface area contributed by atoms with Crippen molar-refractivity contribution < 1.29 is 18.7 Å². The van der Waals surface area contributed by atoms with Crippen molar-refractivity contribution in [2.24, 2.45) is 5.92 Å². The molecule has 1 aliphatic heterocycles. The SMILES string of the molecule is COc1cccc(N2CC(C(=O)Nc3cc(C)nn3-c3nc(-c4ccco4)cs3)CC2=O)c1. The van der Waals surface area contributed by atoms with Crippen LogP contribution in [0.1, 0.15) is 12.1 Å². The summed E-state index contributed by atoms with van der Waals surface area (Å²) in [6, 6.07) is 12.7. The van der Waals surface area contributed by atoms with E-state index in [1.807, 2.05) is 36.6 Å². The van der Waals surface area contributed by atoms with Gasteiger partial charge in [0.25, 0.3) is 0 Å². The van der Waals surface area contributed by atoms with Gasteiger partial charge in [-0.2, -0.15) is 9.78 Å². The number of ether oxygens (including phenoxy) is 1. The predicted octanol–water partition coefficient (Wildman–Crippen LogP) is 3.90. The Hall–Kier alpha value is -3.92. The van der Waals surface area contributed by atoms with E-state index in [0.29, 0.717) is 40.4 Å². The van der Waals surface area contributed by atoms with Crippen molar-refractivity contribution in [1.82, 2.24) is 14.8 Å². The first-order valence-electron chi connectivity index (χ1n) is 10.3. The highest BCUT2D eigenvalue weighted by Gasteiger charge is 2.35. The summed E-state index contributed by atoms with van der Waals surface area (Å²) in [6.07, 6.45) is 1.73. The Morgan fingerprint density at radius 2 is 2.15 bits per heavy atom. The lowest BCUT2D eigenvalue weighted by Crippen LogP contribution is -2.28. The van der Waals surface area contributed by atoms with Crippen LogP contribution in [0, 0.1) is 12.8 Å². The van der Waals surface area contributed by atoms with E-state index in [2.05, 4.69) is 15.4 Å². The van der Waals surface area contributed by atoms with Crippen LogP contribution in [0.2, 0.25) is 0 Å². The summed E-state index contributed by atoms with van der Waals surface area (Å²) in [6.45, 7) is 2.14. The van der Waals surface area contributed by atoms with Crippen LogP contribution in [-0.2, 0) is 9.59 Å². The van der Waals surface area contributed by atoms with Gasteiger partial charge in [0.2, 0.25) is 16.9 Å². The van der Waals surface area contributed by atoms with Gasteiger partial charge in [-0.15, -0.1) is 11.3 Å². The molecule has 168 valence electrons. The van der Waals surface area contributed by atoms with Crippen molar-refractivity contribution in [3.05, 3.63) is 59.8 Å². The molecule has 1 atom stereocenters. The zero-order valence-electron chi connectivity index (χ0n) is 18.0. The number of anilines is 2. The highest BCUT2D eigenvalue weighted by Crippen LogP contribution is 2.30. The van der Waals surface area contributed by atoms with Gasteiger partial charge in [0.05, 0.1) is 25.0 Å². The second-order valence-corrected chi connectivity index (χ2v) is 8.51. The quantitative estimate of drug-likeness (QED) is 0.465. The fourth-order valence-electron chi connectivity index (χ4n) is 3.77. The number of hydrogen-bond donors (Lipinski definition) is 1. The van der Waals surface area contributed by atoms with Crippen molar-refractivity contribution in [3.63, 3.8) is 0 Å². The number of hydrogen-bond acceptors (Lipinski definition) is 7. The lowest BCUT2D eigenvalue weighted by atomic mass is 10.1. The van der Waals surface area contributed by atoms with Gasteiger partial charge in [0.1, 0.15) is 17.3 Å². The first-order valence-corrected chi connectivity index (χ1v) is 11.2. The number of furan rings is 1. The molecule has 9 nitrogen and oxygen atoms in total. The molecule has 0 spiro atoms. The number of thiazole rings is 1. The van der Waals surface area contributed by atoms with Gasteiger partial charge >= 0.3 is 0 Å². The van der Waals surface area contributed by atoms with Crippen LogP contribution in [-0.4, -0.2) is 40.2 Å². The van der Waals surface area contributed by atoms with Gasteiger partial charge < -0.3 is 19.4 Å². The maximum absolute atomic E-state index is 13.1. The number of rotatable bonds is 6. The number of benzene rings is 1. The molecule has 0 bridgehead atoms. The molecule has 2 amide bonds.